The first-order chi connectivity index (χ1) is 12.8. The van der Waals surface area contributed by atoms with Gasteiger partial charge in [0.25, 0.3) is 11.5 Å². The van der Waals surface area contributed by atoms with E-state index in [0.29, 0.717) is 11.4 Å². The summed E-state index contributed by atoms with van der Waals surface area (Å²) < 4.78 is 2.96. The van der Waals surface area contributed by atoms with E-state index in [4.69, 9.17) is 5.11 Å². The molecule has 1 amide bonds. The number of nitrogens with one attached hydrogen (secondary N) is 1. The van der Waals surface area contributed by atoms with Gasteiger partial charge in [-0.15, -0.1) is 0 Å². The first-order valence-corrected chi connectivity index (χ1v) is 9.19. The number of amides is 1. The Kier molecular flexibility index (Phi) is 4.99. The van der Waals surface area contributed by atoms with Crippen LogP contribution in [0.15, 0.2) is 4.79 Å². The Morgan fingerprint density at radius 3 is 2.41 bits per heavy atom. The van der Waals surface area contributed by atoms with Crippen molar-refractivity contribution < 1.29 is 19.8 Å². The minimum Gasteiger partial charge on any atom is -0.505 e. The van der Waals surface area contributed by atoms with Crippen molar-refractivity contribution in [3.63, 3.8) is 0 Å². The van der Waals surface area contributed by atoms with Crippen LogP contribution in [0.2, 0.25) is 0 Å². The highest BCUT2D eigenvalue weighted by Gasteiger charge is 2.29. The minimum atomic E-state index is -1.23. The number of nitrogens with zero attached hydrogens (tertiary/aromatic N) is 2. The van der Waals surface area contributed by atoms with E-state index in [-0.39, 0.29) is 0 Å². The number of carboxylic acids is 1. The lowest BCUT2D eigenvalue weighted by atomic mass is 9.82. The summed E-state index contributed by atoms with van der Waals surface area (Å²) in [5.74, 6) is -2.15. The van der Waals surface area contributed by atoms with Gasteiger partial charge in [0, 0.05) is 12.7 Å². The molecule has 1 aliphatic rings. The van der Waals surface area contributed by atoms with Gasteiger partial charge in [-0.3, -0.25) is 18.9 Å². The third kappa shape index (κ3) is 3.09. The molecule has 8 nitrogen and oxygen atoms in total. The molecule has 1 fully saturated rings. The summed E-state index contributed by atoms with van der Waals surface area (Å²) in [6.07, 6.45) is 5.67. The average Bonchev–Trinajstić information content (AvgIpc) is 2.90. The van der Waals surface area contributed by atoms with Crippen LogP contribution in [0.4, 0.5) is 0 Å². The highest BCUT2D eigenvalue weighted by atomic mass is 16.4. The molecule has 1 aliphatic carbocycles. The van der Waals surface area contributed by atoms with Crippen LogP contribution < -0.4 is 10.9 Å². The van der Waals surface area contributed by atoms with Gasteiger partial charge >= 0.3 is 5.97 Å². The van der Waals surface area contributed by atoms with Crippen molar-refractivity contribution in [2.24, 2.45) is 7.05 Å². The number of rotatable bonds is 4. The van der Waals surface area contributed by atoms with Crippen molar-refractivity contribution in [3.05, 3.63) is 32.7 Å². The van der Waals surface area contributed by atoms with Crippen LogP contribution in [0.3, 0.4) is 0 Å². The molecule has 8 heteroatoms. The molecule has 3 N–H and O–H groups in total. The molecular formula is C19H25N3O5. The summed E-state index contributed by atoms with van der Waals surface area (Å²) in [6, 6.07) is 0. The van der Waals surface area contributed by atoms with E-state index in [1.807, 2.05) is 13.8 Å². The molecule has 1 saturated carbocycles. The van der Waals surface area contributed by atoms with Crippen molar-refractivity contribution in [3.8, 4) is 5.75 Å². The van der Waals surface area contributed by atoms with Gasteiger partial charge < -0.3 is 15.5 Å². The second-order valence-electron chi connectivity index (χ2n) is 7.25. The second-order valence-corrected chi connectivity index (χ2v) is 7.25. The Balaban J connectivity index is 2.21. The Morgan fingerprint density at radius 1 is 1.19 bits per heavy atom. The molecule has 146 valence electrons. The topological polar surface area (TPSA) is 113 Å². The van der Waals surface area contributed by atoms with Gasteiger partial charge in [-0.2, -0.15) is 0 Å². The third-order valence-electron chi connectivity index (χ3n) is 5.59. The van der Waals surface area contributed by atoms with E-state index in [2.05, 4.69) is 5.32 Å². The number of hydrogen-bond donors (Lipinski definition) is 3. The molecule has 2 heterocycles. The van der Waals surface area contributed by atoms with Crippen molar-refractivity contribution in [2.75, 3.05) is 6.54 Å². The zero-order chi connectivity index (χ0) is 19.9. The maximum Gasteiger partial charge on any atom is 0.322 e. The number of fused-ring (bicyclic) bond motifs is 1. The van der Waals surface area contributed by atoms with Crippen LogP contribution in [0.5, 0.6) is 5.75 Å². The summed E-state index contributed by atoms with van der Waals surface area (Å²) in [4.78, 5) is 35.7. The van der Waals surface area contributed by atoms with Gasteiger partial charge in [0.05, 0.1) is 0 Å². The monoisotopic (exact) mass is 375 g/mol. The normalized spacial score (nSPS) is 15.2. The maximum atomic E-state index is 12.7. The largest absolute Gasteiger partial charge is 0.505 e. The minimum absolute atomic E-state index is 0.373. The summed E-state index contributed by atoms with van der Waals surface area (Å²) in [5, 5.41) is 21.7. The second kappa shape index (κ2) is 7.09. The summed E-state index contributed by atoms with van der Waals surface area (Å²) >= 11 is 0. The summed E-state index contributed by atoms with van der Waals surface area (Å²) in [7, 11) is 1.54. The number of hydrogen-bond acceptors (Lipinski definition) is 4. The van der Waals surface area contributed by atoms with Crippen LogP contribution >= 0.6 is 0 Å². The fourth-order valence-corrected chi connectivity index (χ4v) is 4.41. The van der Waals surface area contributed by atoms with Crippen LogP contribution in [0, 0.1) is 13.8 Å². The van der Waals surface area contributed by atoms with E-state index in [1.165, 1.54) is 11.1 Å². The molecule has 0 spiro atoms. The average molecular weight is 375 g/mol. The molecule has 0 bridgehead atoms. The van der Waals surface area contributed by atoms with Crippen molar-refractivity contribution >= 4 is 17.4 Å². The predicted molar refractivity (Wildman–Crippen MR) is 99.6 cm³/mol. The molecule has 2 aromatic heterocycles. The van der Waals surface area contributed by atoms with Crippen molar-refractivity contribution in [2.45, 2.75) is 51.9 Å². The lowest BCUT2D eigenvalue weighted by Gasteiger charge is -2.22. The summed E-state index contributed by atoms with van der Waals surface area (Å²) in [5.41, 5.74) is 2.21. The highest BCUT2D eigenvalue weighted by molar-refractivity contribution is 6.00. The fraction of sp³-hybridized carbons (Fsp3) is 0.526. The maximum absolute atomic E-state index is 12.7. The SMILES string of the molecule is Cc1c(C2CCCCC2)c(C)n2c1c(O)c(C(=O)NCC(=O)O)c(=O)n2C. The third-order valence-corrected chi connectivity index (χ3v) is 5.59. The molecule has 27 heavy (non-hydrogen) atoms. The predicted octanol–water partition coefficient (Wildman–Crippen LogP) is 1.82. The first-order valence-electron chi connectivity index (χ1n) is 9.19. The van der Waals surface area contributed by atoms with Crippen LogP contribution in [-0.4, -0.2) is 37.8 Å². The van der Waals surface area contributed by atoms with Gasteiger partial charge in [-0.1, -0.05) is 19.3 Å². The number of carbonyl (C=O) groups excluding carboxylic acids is 1. The standard InChI is InChI=1S/C19H25N3O5/c1-10-14(12-7-5-4-6-8-12)11(2)22-16(10)17(25)15(19(27)21(22)3)18(26)20-9-13(23)24/h12,25H,4-9H2,1-3H3,(H,20,26)(H,23,24). The molecular weight excluding hydrogens is 350 g/mol. The number of aromatic nitrogens is 2. The molecule has 0 aliphatic heterocycles. The van der Waals surface area contributed by atoms with E-state index >= 15 is 0 Å². The van der Waals surface area contributed by atoms with Gasteiger partial charge in [-0.05, 0) is 43.7 Å². The van der Waals surface area contributed by atoms with Gasteiger partial charge in [0.1, 0.15) is 17.6 Å². The van der Waals surface area contributed by atoms with E-state index in [1.54, 1.807) is 11.6 Å². The van der Waals surface area contributed by atoms with Crippen molar-refractivity contribution in [1.82, 2.24) is 14.5 Å². The zero-order valence-corrected chi connectivity index (χ0v) is 15.8. The Labute approximate surface area is 156 Å². The lowest BCUT2D eigenvalue weighted by molar-refractivity contribution is -0.135. The molecule has 0 aromatic carbocycles. The van der Waals surface area contributed by atoms with E-state index in [9.17, 15) is 19.5 Å². The molecule has 3 rings (SSSR count). The van der Waals surface area contributed by atoms with Gasteiger partial charge in [-0.25, -0.2) is 4.68 Å². The van der Waals surface area contributed by atoms with Gasteiger partial charge in [0.15, 0.2) is 5.75 Å². The van der Waals surface area contributed by atoms with E-state index in [0.717, 1.165) is 42.5 Å². The van der Waals surface area contributed by atoms with Crippen LogP contribution in [-0.2, 0) is 11.8 Å². The highest BCUT2D eigenvalue weighted by Crippen LogP contribution is 2.40. The zero-order valence-electron chi connectivity index (χ0n) is 15.8. The Bertz CT molecular complexity index is 980. The van der Waals surface area contributed by atoms with Crippen molar-refractivity contribution in [1.29, 1.82) is 0 Å². The molecule has 2 aromatic rings. The van der Waals surface area contributed by atoms with Crippen LogP contribution in [0.1, 0.15) is 65.2 Å². The number of aryl methyl sites for hydroxylation is 3. The van der Waals surface area contributed by atoms with E-state index < -0.39 is 35.3 Å². The summed E-state index contributed by atoms with van der Waals surface area (Å²) in [6.45, 7) is 3.20. The molecule has 0 atom stereocenters. The van der Waals surface area contributed by atoms with Crippen LogP contribution in [0.25, 0.3) is 5.52 Å². The number of aromatic hydroxyl groups is 1. The smallest absolute Gasteiger partial charge is 0.322 e. The molecule has 0 unspecified atom stereocenters. The Morgan fingerprint density at radius 2 is 1.81 bits per heavy atom. The Hall–Kier alpha value is -2.77. The number of carbonyl (C=O) groups is 2. The van der Waals surface area contributed by atoms with Gasteiger partial charge in [0.2, 0.25) is 0 Å². The lowest BCUT2D eigenvalue weighted by Crippen LogP contribution is -2.36. The number of carboxylic acid groups (broad SMARTS) is 1. The first kappa shape index (κ1) is 19.0. The number of aliphatic carboxylic acids is 1. The molecule has 0 radical (unpaired) electrons. The molecule has 0 saturated heterocycles. The quantitative estimate of drug-likeness (QED) is 0.754. The fourth-order valence-electron chi connectivity index (χ4n) is 4.41.